The van der Waals surface area contributed by atoms with Crippen LogP contribution in [0.1, 0.15) is 31.5 Å². The van der Waals surface area contributed by atoms with Gasteiger partial charge in [0.1, 0.15) is 5.76 Å². The Labute approximate surface area is 128 Å². The number of ether oxygens (including phenoxy) is 2. The van der Waals surface area contributed by atoms with Crippen LogP contribution in [0, 0.1) is 6.92 Å². The van der Waals surface area contributed by atoms with Crippen LogP contribution in [0.2, 0.25) is 0 Å². The second-order valence-electron chi connectivity index (χ2n) is 4.40. The highest BCUT2D eigenvalue weighted by Crippen LogP contribution is 2.30. The SMILES string of the molecule is CCOC(OCC)c1ccc(-c2ccc(Br)cc2C)o1. The van der Waals surface area contributed by atoms with E-state index in [9.17, 15) is 0 Å². The third-order valence-electron chi connectivity index (χ3n) is 2.95. The lowest BCUT2D eigenvalue weighted by atomic mass is 10.1. The monoisotopic (exact) mass is 338 g/mol. The number of halogens is 1. The van der Waals surface area contributed by atoms with E-state index in [0.717, 1.165) is 21.4 Å². The van der Waals surface area contributed by atoms with Crippen molar-refractivity contribution in [2.75, 3.05) is 13.2 Å². The van der Waals surface area contributed by atoms with Crippen molar-refractivity contribution in [3.63, 3.8) is 0 Å². The fraction of sp³-hybridized carbons (Fsp3) is 0.375. The van der Waals surface area contributed by atoms with Gasteiger partial charge < -0.3 is 13.9 Å². The average molecular weight is 339 g/mol. The van der Waals surface area contributed by atoms with Gasteiger partial charge in [0, 0.05) is 23.2 Å². The summed E-state index contributed by atoms with van der Waals surface area (Å²) in [5.41, 5.74) is 2.23. The van der Waals surface area contributed by atoms with Gasteiger partial charge in [-0.2, -0.15) is 0 Å². The fourth-order valence-electron chi connectivity index (χ4n) is 2.04. The van der Waals surface area contributed by atoms with Crippen molar-refractivity contribution in [2.24, 2.45) is 0 Å². The molecule has 0 bridgehead atoms. The predicted octanol–water partition coefficient (Wildman–Crippen LogP) is 5.09. The molecule has 0 radical (unpaired) electrons. The molecule has 0 saturated carbocycles. The molecule has 0 aliphatic rings. The van der Waals surface area contributed by atoms with Gasteiger partial charge >= 0.3 is 0 Å². The molecule has 1 aromatic heterocycles. The van der Waals surface area contributed by atoms with Crippen molar-refractivity contribution in [1.82, 2.24) is 0 Å². The first-order valence-corrected chi connectivity index (χ1v) is 7.54. The van der Waals surface area contributed by atoms with Crippen LogP contribution in [-0.4, -0.2) is 13.2 Å². The van der Waals surface area contributed by atoms with Gasteiger partial charge in [0.05, 0.1) is 0 Å². The summed E-state index contributed by atoms with van der Waals surface area (Å²) in [6.07, 6.45) is -0.436. The summed E-state index contributed by atoms with van der Waals surface area (Å²) in [4.78, 5) is 0. The van der Waals surface area contributed by atoms with E-state index in [2.05, 4.69) is 28.9 Å². The molecular formula is C16H19BrO3. The van der Waals surface area contributed by atoms with Gasteiger partial charge in [-0.15, -0.1) is 0 Å². The Hall–Kier alpha value is -1.10. The van der Waals surface area contributed by atoms with Crippen LogP contribution in [0.3, 0.4) is 0 Å². The maximum Gasteiger partial charge on any atom is 0.217 e. The van der Waals surface area contributed by atoms with Crippen LogP contribution in [0.5, 0.6) is 0 Å². The molecule has 2 rings (SSSR count). The Balaban J connectivity index is 2.27. The summed E-state index contributed by atoms with van der Waals surface area (Å²) in [7, 11) is 0. The second-order valence-corrected chi connectivity index (χ2v) is 5.32. The van der Waals surface area contributed by atoms with Gasteiger partial charge in [0.15, 0.2) is 5.76 Å². The van der Waals surface area contributed by atoms with Gasteiger partial charge in [-0.25, -0.2) is 0 Å². The van der Waals surface area contributed by atoms with Crippen molar-refractivity contribution >= 4 is 15.9 Å². The smallest absolute Gasteiger partial charge is 0.217 e. The number of rotatable bonds is 6. The lowest BCUT2D eigenvalue weighted by Crippen LogP contribution is -2.07. The maximum atomic E-state index is 5.89. The molecule has 1 aromatic carbocycles. The summed E-state index contributed by atoms with van der Waals surface area (Å²) < 4.78 is 18.0. The standard InChI is InChI=1S/C16H19BrO3/c1-4-18-16(19-5-2)15-9-8-14(20-15)13-7-6-12(17)10-11(13)3/h6-10,16H,4-5H2,1-3H3. The van der Waals surface area contributed by atoms with E-state index < -0.39 is 6.29 Å². The lowest BCUT2D eigenvalue weighted by molar-refractivity contribution is -0.150. The minimum absolute atomic E-state index is 0.436. The topological polar surface area (TPSA) is 31.6 Å². The summed E-state index contributed by atoms with van der Waals surface area (Å²) in [5.74, 6) is 1.53. The Morgan fingerprint density at radius 3 is 2.40 bits per heavy atom. The quantitative estimate of drug-likeness (QED) is 0.687. The van der Waals surface area contributed by atoms with Crippen LogP contribution in [0.25, 0.3) is 11.3 Å². The number of benzene rings is 1. The largest absolute Gasteiger partial charge is 0.456 e. The highest BCUT2D eigenvalue weighted by molar-refractivity contribution is 9.10. The molecule has 0 spiro atoms. The molecule has 0 aliphatic carbocycles. The zero-order chi connectivity index (χ0) is 14.5. The van der Waals surface area contributed by atoms with E-state index in [0.29, 0.717) is 19.0 Å². The van der Waals surface area contributed by atoms with Crippen LogP contribution in [0.15, 0.2) is 39.2 Å². The molecule has 0 unspecified atom stereocenters. The van der Waals surface area contributed by atoms with Gasteiger partial charge in [-0.3, -0.25) is 0 Å². The third-order valence-corrected chi connectivity index (χ3v) is 3.44. The fourth-order valence-corrected chi connectivity index (χ4v) is 2.52. The van der Waals surface area contributed by atoms with E-state index in [-0.39, 0.29) is 0 Å². The number of aryl methyl sites for hydroxylation is 1. The Morgan fingerprint density at radius 2 is 1.80 bits per heavy atom. The molecule has 20 heavy (non-hydrogen) atoms. The molecule has 3 nitrogen and oxygen atoms in total. The van der Waals surface area contributed by atoms with Crippen LogP contribution in [-0.2, 0) is 9.47 Å². The summed E-state index contributed by atoms with van der Waals surface area (Å²) >= 11 is 3.47. The molecule has 4 heteroatoms. The first-order chi connectivity index (χ1) is 9.65. The van der Waals surface area contributed by atoms with E-state index in [1.807, 2.05) is 38.1 Å². The summed E-state index contributed by atoms with van der Waals surface area (Å²) in [6, 6.07) is 9.98. The van der Waals surface area contributed by atoms with Crippen molar-refractivity contribution in [2.45, 2.75) is 27.1 Å². The zero-order valence-corrected chi connectivity index (χ0v) is 13.6. The summed E-state index contributed by atoms with van der Waals surface area (Å²) in [5, 5.41) is 0. The lowest BCUT2D eigenvalue weighted by Gasteiger charge is -2.14. The third kappa shape index (κ3) is 3.51. The maximum absolute atomic E-state index is 5.89. The Kier molecular flexibility index (Phi) is 5.40. The molecule has 0 fully saturated rings. The molecule has 0 atom stereocenters. The first-order valence-electron chi connectivity index (χ1n) is 6.75. The molecule has 0 aliphatic heterocycles. The normalized spacial score (nSPS) is 11.2. The molecule has 0 amide bonds. The Bertz CT molecular complexity index is 557. The van der Waals surface area contributed by atoms with Crippen molar-refractivity contribution in [1.29, 1.82) is 0 Å². The van der Waals surface area contributed by atoms with E-state index in [1.54, 1.807) is 0 Å². The average Bonchev–Trinajstić information content (AvgIpc) is 2.88. The van der Waals surface area contributed by atoms with Crippen LogP contribution in [0.4, 0.5) is 0 Å². The molecule has 0 saturated heterocycles. The molecular weight excluding hydrogens is 320 g/mol. The van der Waals surface area contributed by atoms with E-state index in [4.69, 9.17) is 13.9 Å². The Morgan fingerprint density at radius 1 is 1.10 bits per heavy atom. The van der Waals surface area contributed by atoms with Crippen LogP contribution >= 0.6 is 15.9 Å². The summed E-state index contributed by atoms with van der Waals surface area (Å²) in [6.45, 7) is 7.10. The number of furan rings is 1. The first kappa shape index (κ1) is 15.3. The minimum atomic E-state index is -0.436. The van der Waals surface area contributed by atoms with E-state index >= 15 is 0 Å². The van der Waals surface area contributed by atoms with Crippen LogP contribution < -0.4 is 0 Å². The number of hydrogen-bond acceptors (Lipinski definition) is 3. The van der Waals surface area contributed by atoms with Gasteiger partial charge in [-0.1, -0.05) is 15.9 Å². The van der Waals surface area contributed by atoms with Gasteiger partial charge in [0.25, 0.3) is 0 Å². The molecule has 2 aromatic rings. The molecule has 108 valence electrons. The zero-order valence-electron chi connectivity index (χ0n) is 12.0. The van der Waals surface area contributed by atoms with Crippen molar-refractivity contribution in [3.05, 3.63) is 46.1 Å². The van der Waals surface area contributed by atoms with Gasteiger partial charge in [0.2, 0.25) is 6.29 Å². The second kappa shape index (κ2) is 7.07. The molecule has 1 heterocycles. The minimum Gasteiger partial charge on any atom is -0.456 e. The number of hydrogen-bond donors (Lipinski definition) is 0. The van der Waals surface area contributed by atoms with Crippen molar-refractivity contribution < 1.29 is 13.9 Å². The van der Waals surface area contributed by atoms with Crippen molar-refractivity contribution in [3.8, 4) is 11.3 Å². The molecule has 0 N–H and O–H groups in total. The van der Waals surface area contributed by atoms with E-state index in [1.165, 1.54) is 0 Å². The highest BCUT2D eigenvalue weighted by Gasteiger charge is 2.17. The van der Waals surface area contributed by atoms with Gasteiger partial charge in [-0.05, 0) is 56.7 Å². The predicted molar refractivity (Wildman–Crippen MR) is 82.6 cm³/mol. The highest BCUT2D eigenvalue weighted by atomic mass is 79.9.